The second-order valence-electron chi connectivity index (χ2n) is 5.78. The summed E-state index contributed by atoms with van der Waals surface area (Å²) in [4.78, 5) is 2.92. The quantitative estimate of drug-likeness (QED) is 0.582. The van der Waals surface area contributed by atoms with E-state index in [1.165, 1.54) is 51.8 Å². The van der Waals surface area contributed by atoms with Crippen molar-refractivity contribution in [3.63, 3.8) is 0 Å². The van der Waals surface area contributed by atoms with Gasteiger partial charge in [0.2, 0.25) is 0 Å². The smallest absolute Gasteiger partial charge is 0.137 e. The third-order valence-corrected chi connectivity index (χ3v) is 6.29. The van der Waals surface area contributed by atoms with Gasteiger partial charge < -0.3 is 4.74 Å². The molecule has 2 unspecified atom stereocenters. The van der Waals surface area contributed by atoms with Crippen molar-refractivity contribution in [1.82, 2.24) is 0 Å². The molecule has 2 heterocycles. The molecular weight excluding hydrogens is 271 g/mol. The number of aryl methyl sites for hydroxylation is 2. The normalized spacial score (nSPS) is 19.8. The Hall–Kier alpha value is -0.0851. The number of fused-ring (bicyclic) bond motifs is 1. The van der Waals surface area contributed by atoms with Gasteiger partial charge in [-0.2, -0.15) is 11.8 Å². The molecule has 0 radical (unpaired) electrons. The summed E-state index contributed by atoms with van der Waals surface area (Å²) in [5, 5.41) is 0. The molecule has 2 atom stereocenters. The molecule has 0 saturated heterocycles. The molecule has 1 nitrogen and oxygen atoms in total. The molecule has 4 heteroatoms. The lowest BCUT2D eigenvalue weighted by atomic mass is 9.92. The van der Waals surface area contributed by atoms with Gasteiger partial charge in [0.1, 0.15) is 13.6 Å². The van der Waals surface area contributed by atoms with Crippen LogP contribution < -0.4 is 4.74 Å². The predicted octanol–water partition coefficient (Wildman–Crippen LogP) is 3.88. The highest BCUT2D eigenvalue weighted by molar-refractivity contribution is 7.99. The summed E-state index contributed by atoms with van der Waals surface area (Å²) in [6.45, 7) is 6.76. The van der Waals surface area contributed by atoms with E-state index in [1.54, 1.807) is 0 Å². The van der Waals surface area contributed by atoms with Crippen molar-refractivity contribution in [2.24, 2.45) is 0 Å². The molecule has 0 aliphatic carbocycles. The Morgan fingerprint density at radius 3 is 3.00 bits per heavy atom. The molecule has 1 aromatic rings. The van der Waals surface area contributed by atoms with E-state index in [0.29, 0.717) is 6.10 Å². The van der Waals surface area contributed by atoms with Crippen LogP contribution in [0.1, 0.15) is 42.0 Å². The maximum absolute atomic E-state index is 6.28. The molecule has 0 bridgehead atoms. The van der Waals surface area contributed by atoms with Gasteiger partial charge in [0.25, 0.3) is 0 Å². The van der Waals surface area contributed by atoms with Crippen LogP contribution in [-0.2, 0) is 12.8 Å². The van der Waals surface area contributed by atoms with Crippen LogP contribution in [-0.4, -0.2) is 25.5 Å². The largest absolute Gasteiger partial charge is 0.489 e. The van der Waals surface area contributed by atoms with Crippen LogP contribution in [0.25, 0.3) is 0 Å². The minimum absolute atomic E-state index is 0.450. The third kappa shape index (κ3) is 3.94. The summed E-state index contributed by atoms with van der Waals surface area (Å²) in [5.41, 5.74) is 1.49. The van der Waals surface area contributed by atoms with Gasteiger partial charge in [-0.15, -0.1) is 11.3 Å². The van der Waals surface area contributed by atoms with E-state index in [-0.39, 0.29) is 0 Å². The average molecular weight is 296 g/mol. The maximum Gasteiger partial charge on any atom is 0.137 e. The lowest BCUT2D eigenvalue weighted by Gasteiger charge is -2.25. The summed E-state index contributed by atoms with van der Waals surface area (Å²) >= 11 is 4.01. The van der Waals surface area contributed by atoms with Crippen LogP contribution in [0, 0.1) is 6.92 Å². The van der Waals surface area contributed by atoms with E-state index in [1.807, 2.05) is 11.3 Å². The number of ether oxygens (including phenoxy) is 1. The average Bonchev–Trinajstić information content (AvgIpc) is 2.71. The molecule has 106 valence electrons. The van der Waals surface area contributed by atoms with Crippen LogP contribution in [0.4, 0.5) is 0 Å². The molecule has 1 aliphatic rings. The molecule has 1 aliphatic heterocycles. The van der Waals surface area contributed by atoms with Crippen LogP contribution in [0.2, 0.25) is 5.82 Å². The highest BCUT2D eigenvalue weighted by Gasteiger charge is 2.25. The van der Waals surface area contributed by atoms with E-state index in [9.17, 15) is 0 Å². The van der Waals surface area contributed by atoms with Crippen molar-refractivity contribution in [1.29, 1.82) is 0 Å². The van der Waals surface area contributed by atoms with Gasteiger partial charge in [-0.1, -0.05) is 19.7 Å². The summed E-state index contributed by atoms with van der Waals surface area (Å²) in [6, 6.07) is 0. The van der Waals surface area contributed by atoms with Gasteiger partial charge in [-0.05, 0) is 44.1 Å². The molecule has 0 fully saturated rings. The van der Waals surface area contributed by atoms with Crippen molar-refractivity contribution in [2.45, 2.75) is 58.4 Å². The molecule has 0 spiro atoms. The zero-order valence-electron chi connectivity index (χ0n) is 12.6. The minimum Gasteiger partial charge on any atom is -0.489 e. The Bertz CT molecular complexity index is 415. The fraction of sp³-hybridized carbons (Fsp3) is 0.733. The molecule has 0 N–H and O–H groups in total. The first-order chi connectivity index (χ1) is 9.11. The fourth-order valence-electron chi connectivity index (χ4n) is 2.55. The number of rotatable bonds is 6. The molecule has 19 heavy (non-hydrogen) atoms. The maximum atomic E-state index is 6.28. The SMILES string of the molecule is BC(C)CSCCC1CCc2c(C)sc(CC)c2O1. The van der Waals surface area contributed by atoms with E-state index >= 15 is 0 Å². The summed E-state index contributed by atoms with van der Waals surface area (Å²) in [6.07, 6.45) is 5.18. The Kier molecular flexibility index (Phi) is 5.70. The minimum atomic E-state index is 0.450. The van der Waals surface area contributed by atoms with Gasteiger partial charge in [0.05, 0.1) is 6.10 Å². The van der Waals surface area contributed by atoms with Gasteiger partial charge in [-0.25, -0.2) is 0 Å². The van der Waals surface area contributed by atoms with Crippen LogP contribution >= 0.6 is 23.1 Å². The number of hydrogen-bond donors (Lipinski definition) is 0. The lowest BCUT2D eigenvalue weighted by Crippen LogP contribution is -2.23. The highest BCUT2D eigenvalue weighted by atomic mass is 32.2. The standard InChI is InChI=1S/C15H25BOS2/c1-4-14-15-13(11(3)19-14)6-5-12(17-15)7-8-18-9-10(2)16/h10,12H,4-9,16H2,1-3H3. The zero-order chi connectivity index (χ0) is 13.8. The van der Waals surface area contributed by atoms with Crippen molar-refractivity contribution in [3.8, 4) is 5.75 Å². The highest BCUT2D eigenvalue weighted by Crippen LogP contribution is 2.40. The monoisotopic (exact) mass is 296 g/mol. The Morgan fingerprint density at radius 1 is 1.53 bits per heavy atom. The van der Waals surface area contributed by atoms with E-state index in [2.05, 4.69) is 40.4 Å². The number of hydrogen-bond acceptors (Lipinski definition) is 3. The van der Waals surface area contributed by atoms with Crippen LogP contribution in [0.3, 0.4) is 0 Å². The summed E-state index contributed by atoms with van der Waals surface area (Å²) in [5.74, 6) is 4.56. The number of thioether (sulfide) groups is 1. The third-order valence-electron chi connectivity index (χ3n) is 3.59. The Labute approximate surface area is 126 Å². The first-order valence-corrected chi connectivity index (χ1v) is 9.44. The van der Waals surface area contributed by atoms with Crippen molar-refractivity contribution < 1.29 is 4.74 Å². The Balaban J connectivity index is 1.87. The summed E-state index contributed by atoms with van der Waals surface area (Å²) in [7, 11) is 2.29. The second kappa shape index (κ2) is 7.08. The first kappa shape index (κ1) is 15.3. The lowest BCUT2D eigenvalue weighted by molar-refractivity contribution is 0.170. The van der Waals surface area contributed by atoms with Gasteiger partial charge in [-0.3, -0.25) is 0 Å². The zero-order valence-corrected chi connectivity index (χ0v) is 14.3. The Morgan fingerprint density at radius 2 is 2.32 bits per heavy atom. The molecule has 0 amide bonds. The van der Waals surface area contributed by atoms with Crippen molar-refractivity contribution in [2.75, 3.05) is 11.5 Å². The van der Waals surface area contributed by atoms with Crippen molar-refractivity contribution in [3.05, 3.63) is 15.3 Å². The predicted molar refractivity (Wildman–Crippen MR) is 91.1 cm³/mol. The van der Waals surface area contributed by atoms with Crippen molar-refractivity contribution >= 4 is 30.9 Å². The van der Waals surface area contributed by atoms with Crippen LogP contribution in [0.15, 0.2) is 0 Å². The molecule has 0 aromatic carbocycles. The molecular formula is C15H25BOS2. The molecule has 0 saturated carbocycles. The number of thiophene rings is 1. The second-order valence-corrected chi connectivity index (χ2v) is 8.24. The fourth-order valence-corrected chi connectivity index (χ4v) is 4.71. The van der Waals surface area contributed by atoms with E-state index in [0.717, 1.165) is 12.2 Å². The molecule has 2 rings (SSSR count). The van der Waals surface area contributed by atoms with Gasteiger partial charge >= 0.3 is 0 Å². The van der Waals surface area contributed by atoms with Crippen LogP contribution in [0.5, 0.6) is 5.75 Å². The first-order valence-electron chi connectivity index (χ1n) is 7.47. The topological polar surface area (TPSA) is 9.23 Å². The summed E-state index contributed by atoms with van der Waals surface area (Å²) < 4.78 is 6.28. The van der Waals surface area contributed by atoms with E-state index in [4.69, 9.17) is 4.74 Å². The van der Waals surface area contributed by atoms with E-state index < -0.39 is 0 Å². The van der Waals surface area contributed by atoms with Gasteiger partial charge in [0, 0.05) is 15.3 Å². The van der Waals surface area contributed by atoms with Gasteiger partial charge in [0.15, 0.2) is 0 Å². The molecule has 1 aromatic heterocycles.